The summed E-state index contributed by atoms with van der Waals surface area (Å²) in [5.74, 6) is 0.126. The molecule has 0 radical (unpaired) electrons. The van der Waals surface area contributed by atoms with Crippen LogP contribution in [0.2, 0.25) is 0 Å². The maximum absolute atomic E-state index is 12.6. The number of ether oxygens (including phenoxy) is 1. The van der Waals surface area contributed by atoms with Crippen molar-refractivity contribution in [3.8, 4) is 0 Å². The maximum atomic E-state index is 12.6. The van der Waals surface area contributed by atoms with Crippen LogP contribution in [0.3, 0.4) is 0 Å². The van der Waals surface area contributed by atoms with Crippen LogP contribution in [0.5, 0.6) is 0 Å². The first-order chi connectivity index (χ1) is 8.28. The Morgan fingerprint density at radius 1 is 1.29 bits per heavy atom. The lowest BCUT2D eigenvalue weighted by Gasteiger charge is -2.35. The van der Waals surface area contributed by atoms with Crippen LogP contribution in [-0.4, -0.2) is 31.1 Å². The third-order valence-electron chi connectivity index (χ3n) is 3.28. The van der Waals surface area contributed by atoms with Crippen LogP contribution < -0.4 is 5.32 Å². The van der Waals surface area contributed by atoms with Gasteiger partial charge in [-0.2, -0.15) is 0 Å². The zero-order valence-electron chi connectivity index (χ0n) is 10.2. The molecule has 1 aromatic carbocycles. The molecule has 1 fully saturated rings. The molecule has 2 rings (SSSR count). The molecule has 92 valence electrons. The van der Waals surface area contributed by atoms with E-state index in [0.717, 1.165) is 31.5 Å². The van der Waals surface area contributed by atoms with Crippen LogP contribution >= 0.6 is 0 Å². The molecule has 1 aliphatic heterocycles. The fourth-order valence-corrected chi connectivity index (χ4v) is 2.40. The molecule has 0 aromatic heterocycles. The first-order valence-electron chi connectivity index (χ1n) is 6.23. The molecule has 1 heterocycles. The molecule has 3 heteroatoms. The van der Waals surface area contributed by atoms with Crippen molar-refractivity contribution in [2.45, 2.75) is 25.4 Å². The predicted molar refractivity (Wildman–Crippen MR) is 67.2 cm³/mol. The molecule has 1 N–H and O–H groups in total. The smallest absolute Gasteiger partial charge is 0.194 e. The fourth-order valence-electron chi connectivity index (χ4n) is 2.40. The van der Waals surface area contributed by atoms with Gasteiger partial charge < -0.3 is 10.1 Å². The number of hydrogen-bond acceptors (Lipinski definition) is 3. The van der Waals surface area contributed by atoms with Gasteiger partial charge in [0.1, 0.15) is 5.60 Å². The Labute approximate surface area is 102 Å². The Kier molecular flexibility index (Phi) is 3.92. The van der Waals surface area contributed by atoms with Crippen molar-refractivity contribution in [2.24, 2.45) is 0 Å². The number of carbonyl (C=O) groups excluding carboxylic acids is 1. The highest BCUT2D eigenvalue weighted by Gasteiger charge is 2.40. The van der Waals surface area contributed by atoms with Gasteiger partial charge in [0.05, 0.1) is 0 Å². The van der Waals surface area contributed by atoms with Crippen LogP contribution in [0, 0.1) is 0 Å². The minimum atomic E-state index is -0.610. The number of piperidine rings is 1. The number of carbonyl (C=O) groups is 1. The standard InChI is InChI=1S/C14H19NO2/c1-2-17-14(8-10-15-11-9-14)13(16)12-6-4-3-5-7-12/h3-7,15H,2,8-11H2,1H3. The zero-order valence-corrected chi connectivity index (χ0v) is 10.2. The van der Waals surface area contributed by atoms with E-state index in [2.05, 4.69) is 5.32 Å². The maximum Gasteiger partial charge on any atom is 0.194 e. The summed E-state index contributed by atoms with van der Waals surface area (Å²) in [5, 5.41) is 3.27. The largest absolute Gasteiger partial charge is 0.367 e. The number of nitrogens with one attached hydrogen (secondary N) is 1. The topological polar surface area (TPSA) is 38.3 Å². The average molecular weight is 233 g/mol. The number of ketones is 1. The molecule has 0 bridgehead atoms. The molecular weight excluding hydrogens is 214 g/mol. The SMILES string of the molecule is CCOC1(C(=O)c2ccccc2)CCNCC1. The second-order valence-electron chi connectivity index (χ2n) is 4.37. The van der Waals surface area contributed by atoms with Crippen LogP contribution in [0.4, 0.5) is 0 Å². The molecule has 1 saturated heterocycles. The summed E-state index contributed by atoms with van der Waals surface area (Å²) in [6.45, 7) is 4.22. The second kappa shape index (κ2) is 5.43. The molecule has 0 spiro atoms. The molecule has 0 atom stereocenters. The van der Waals surface area contributed by atoms with E-state index in [-0.39, 0.29) is 5.78 Å². The van der Waals surface area contributed by atoms with Gasteiger partial charge in [-0.3, -0.25) is 4.79 Å². The quantitative estimate of drug-likeness (QED) is 0.809. The van der Waals surface area contributed by atoms with E-state index in [1.54, 1.807) is 0 Å². The number of hydrogen-bond donors (Lipinski definition) is 1. The summed E-state index contributed by atoms with van der Waals surface area (Å²) in [6.07, 6.45) is 1.52. The van der Waals surface area contributed by atoms with Gasteiger partial charge in [-0.1, -0.05) is 30.3 Å². The van der Waals surface area contributed by atoms with E-state index in [4.69, 9.17) is 4.74 Å². The average Bonchev–Trinajstić information content (AvgIpc) is 2.40. The van der Waals surface area contributed by atoms with Crippen LogP contribution in [0.25, 0.3) is 0 Å². The zero-order chi connectivity index (χ0) is 12.1. The second-order valence-corrected chi connectivity index (χ2v) is 4.37. The summed E-state index contributed by atoms with van der Waals surface area (Å²) in [4.78, 5) is 12.6. The predicted octanol–water partition coefficient (Wildman–Crippen LogP) is 2.03. The monoisotopic (exact) mass is 233 g/mol. The van der Waals surface area contributed by atoms with Crippen LogP contribution in [0.15, 0.2) is 30.3 Å². The highest BCUT2D eigenvalue weighted by molar-refractivity contribution is 6.02. The van der Waals surface area contributed by atoms with Gasteiger partial charge >= 0.3 is 0 Å². The minimum absolute atomic E-state index is 0.126. The van der Waals surface area contributed by atoms with Crippen molar-refractivity contribution >= 4 is 5.78 Å². The van der Waals surface area contributed by atoms with Crippen LogP contribution in [-0.2, 0) is 4.74 Å². The van der Waals surface area contributed by atoms with Gasteiger partial charge in [0.15, 0.2) is 5.78 Å². The molecular formula is C14H19NO2. The molecule has 0 amide bonds. The number of benzene rings is 1. The van der Waals surface area contributed by atoms with E-state index in [1.807, 2.05) is 37.3 Å². The lowest BCUT2D eigenvalue weighted by molar-refractivity contribution is -0.0372. The Morgan fingerprint density at radius 3 is 2.53 bits per heavy atom. The number of rotatable bonds is 4. The normalized spacial score (nSPS) is 18.9. The molecule has 0 unspecified atom stereocenters. The summed E-state index contributed by atoms with van der Waals surface area (Å²) in [7, 11) is 0. The van der Waals surface area contributed by atoms with E-state index >= 15 is 0 Å². The molecule has 1 aliphatic rings. The molecule has 1 aromatic rings. The van der Waals surface area contributed by atoms with Gasteiger partial charge in [0.25, 0.3) is 0 Å². The first kappa shape index (κ1) is 12.3. The van der Waals surface area contributed by atoms with Crippen molar-refractivity contribution in [3.63, 3.8) is 0 Å². The van der Waals surface area contributed by atoms with Crippen molar-refractivity contribution in [1.82, 2.24) is 5.32 Å². The van der Waals surface area contributed by atoms with Gasteiger partial charge in [0.2, 0.25) is 0 Å². The Hall–Kier alpha value is -1.19. The molecule has 0 aliphatic carbocycles. The van der Waals surface area contributed by atoms with E-state index in [0.29, 0.717) is 6.61 Å². The van der Waals surface area contributed by atoms with Gasteiger partial charge in [-0.05, 0) is 32.9 Å². The Bertz CT molecular complexity index is 364. The third-order valence-corrected chi connectivity index (χ3v) is 3.28. The van der Waals surface area contributed by atoms with Crippen molar-refractivity contribution in [2.75, 3.05) is 19.7 Å². The first-order valence-corrected chi connectivity index (χ1v) is 6.23. The lowest BCUT2D eigenvalue weighted by atomic mass is 9.84. The highest BCUT2D eigenvalue weighted by Crippen LogP contribution is 2.27. The fraction of sp³-hybridized carbons (Fsp3) is 0.500. The molecule has 3 nitrogen and oxygen atoms in total. The Balaban J connectivity index is 2.24. The van der Waals surface area contributed by atoms with Crippen molar-refractivity contribution < 1.29 is 9.53 Å². The number of Topliss-reactive ketones (excluding diaryl/α,β-unsaturated/α-hetero) is 1. The van der Waals surface area contributed by atoms with Crippen molar-refractivity contribution in [1.29, 1.82) is 0 Å². The molecule has 0 saturated carbocycles. The summed E-state index contributed by atoms with van der Waals surface area (Å²) in [5.41, 5.74) is 0.143. The van der Waals surface area contributed by atoms with Gasteiger partial charge in [-0.15, -0.1) is 0 Å². The van der Waals surface area contributed by atoms with E-state index in [9.17, 15) is 4.79 Å². The lowest BCUT2D eigenvalue weighted by Crippen LogP contribution is -2.50. The summed E-state index contributed by atoms with van der Waals surface area (Å²) >= 11 is 0. The van der Waals surface area contributed by atoms with Gasteiger partial charge in [0, 0.05) is 12.2 Å². The van der Waals surface area contributed by atoms with Gasteiger partial charge in [-0.25, -0.2) is 0 Å². The summed E-state index contributed by atoms with van der Waals surface area (Å²) < 4.78 is 5.80. The van der Waals surface area contributed by atoms with E-state index in [1.165, 1.54) is 0 Å². The minimum Gasteiger partial charge on any atom is -0.367 e. The summed E-state index contributed by atoms with van der Waals surface area (Å²) in [6, 6.07) is 9.45. The third kappa shape index (κ3) is 2.56. The highest BCUT2D eigenvalue weighted by atomic mass is 16.5. The Morgan fingerprint density at radius 2 is 1.94 bits per heavy atom. The van der Waals surface area contributed by atoms with E-state index < -0.39 is 5.60 Å². The van der Waals surface area contributed by atoms with Crippen LogP contribution in [0.1, 0.15) is 30.1 Å². The van der Waals surface area contributed by atoms with Crippen molar-refractivity contribution in [3.05, 3.63) is 35.9 Å². The molecule has 17 heavy (non-hydrogen) atoms.